The largest absolute Gasteiger partial charge is 0.494 e. The van der Waals surface area contributed by atoms with Gasteiger partial charge in [-0.15, -0.1) is 0 Å². The van der Waals surface area contributed by atoms with E-state index in [1.165, 1.54) is 0 Å². The molecule has 32 heavy (non-hydrogen) atoms. The first-order chi connectivity index (χ1) is 15.5. The Kier molecular flexibility index (Phi) is 8.93. The third kappa shape index (κ3) is 6.71. The smallest absolute Gasteiger partial charge is 0.266 e. The normalized spacial score (nSPS) is 10.9. The van der Waals surface area contributed by atoms with Gasteiger partial charge in [-0.05, 0) is 93.6 Å². The second kappa shape index (κ2) is 11.9. The van der Waals surface area contributed by atoms with E-state index in [1.807, 2.05) is 61.5 Å². The molecule has 3 rings (SSSR count). The Morgan fingerprint density at radius 1 is 1.03 bits per heavy atom. The Labute approximate surface area is 214 Å². The zero-order valence-corrected chi connectivity index (χ0v) is 21.6. The molecular weight excluding hydrogens is 630 g/mol. The van der Waals surface area contributed by atoms with Crippen LogP contribution in [0.2, 0.25) is 0 Å². The molecule has 0 bridgehead atoms. The number of carbonyl (C=O) groups is 1. The van der Waals surface area contributed by atoms with Gasteiger partial charge < -0.3 is 14.8 Å². The molecule has 0 atom stereocenters. The fourth-order valence-electron chi connectivity index (χ4n) is 2.87. The lowest BCUT2D eigenvalue weighted by Gasteiger charge is -2.12. The fraction of sp³-hybridized carbons (Fsp3) is 0.120. The van der Waals surface area contributed by atoms with Crippen LogP contribution in [0.5, 0.6) is 11.5 Å². The van der Waals surface area contributed by atoms with E-state index in [0.29, 0.717) is 24.7 Å². The topological polar surface area (TPSA) is 71.3 Å². The summed E-state index contributed by atoms with van der Waals surface area (Å²) < 4.78 is 13.3. The van der Waals surface area contributed by atoms with Crippen molar-refractivity contribution in [1.82, 2.24) is 0 Å². The highest BCUT2D eigenvalue weighted by Gasteiger charge is 2.13. The molecule has 162 valence electrons. The molecule has 0 spiro atoms. The van der Waals surface area contributed by atoms with E-state index >= 15 is 0 Å². The zero-order chi connectivity index (χ0) is 22.9. The first kappa shape index (κ1) is 24.1. The Balaban J connectivity index is 1.75. The van der Waals surface area contributed by atoms with Crippen LogP contribution in [0.25, 0.3) is 6.08 Å². The molecule has 3 aromatic carbocycles. The van der Waals surface area contributed by atoms with Crippen LogP contribution in [0.3, 0.4) is 0 Å². The van der Waals surface area contributed by atoms with Crippen LogP contribution in [0.15, 0.2) is 72.3 Å². The summed E-state index contributed by atoms with van der Waals surface area (Å²) in [7, 11) is 0. The molecule has 0 fully saturated rings. The maximum atomic E-state index is 12.6. The zero-order valence-electron chi connectivity index (χ0n) is 17.3. The summed E-state index contributed by atoms with van der Waals surface area (Å²) in [6.07, 6.45) is 1.58. The Bertz CT molecular complexity index is 1150. The molecule has 0 saturated carbocycles. The maximum Gasteiger partial charge on any atom is 0.266 e. The van der Waals surface area contributed by atoms with Crippen molar-refractivity contribution in [2.24, 2.45) is 0 Å². The molecule has 0 aromatic heterocycles. The number of rotatable bonds is 8. The van der Waals surface area contributed by atoms with Crippen LogP contribution in [0, 0.1) is 18.5 Å². The van der Waals surface area contributed by atoms with Crippen molar-refractivity contribution in [2.75, 3.05) is 11.9 Å². The predicted molar refractivity (Wildman–Crippen MR) is 142 cm³/mol. The highest BCUT2D eigenvalue weighted by Crippen LogP contribution is 2.30. The summed E-state index contributed by atoms with van der Waals surface area (Å²) in [6, 6.07) is 22.8. The molecule has 0 aliphatic rings. The summed E-state index contributed by atoms with van der Waals surface area (Å²) in [4.78, 5) is 12.6. The molecular formula is C25H20I2N2O3. The van der Waals surface area contributed by atoms with Gasteiger partial charge in [-0.2, -0.15) is 5.26 Å². The second-order valence-corrected chi connectivity index (χ2v) is 9.00. The number of nitrogens with one attached hydrogen (secondary N) is 1. The van der Waals surface area contributed by atoms with Gasteiger partial charge in [0, 0.05) is 11.8 Å². The number of benzene rings is 3. The molecule has 0 aliphatic carbocycles. The number of amides is 1. The number of ether oxygens (including phenoxy) is 2. The Morgan fingerprint density at radius 2 is 1.75 bits per heavy atom. The molecule has 5 nitrogen and oxygen atoms in total. The number of halogens is 2. The molecule has 7 heteroatoms. The van der Waals surface area contributed by atoms with Gasteiger partial charge in [-0.1, -0.05) is 36.4 Å². The van der Waals surface area contributed by atoms with Crippen LogP contribution >= 0.6 is 45.2 Å². The van der Waals surface area contributed by atoms with Crippen molar-refractivity contribution in [3.8, 4) is 17.6 Å². The van der Waals surface area contributed by atoms with Gasteiger partial charge in [0.25, 0.3) is 5.91 Å². The van der Waals surface area contributed by atoms with Crippen molar-refractivity contribution in [3.05, 3.63) is 90.6 Å². The van der Waals surface area contributed by atoms with Crippen molar-refractivity contribution >= 4 is 62.9 Å². The molecule has 1 amide bonds. The Morgan fingerprint density at radius 3 is 2.41 bits per heavy atom. The van der Waals surface area contributed by atoms with E-state index < -0.39 is 5.91 Å². The van der Waals surface area contributed by atoms with Crippen LogP contribution in [-0.4, -0.2) is 12.5 Å². The van der Waals surface area contributed by atoms with E-state index in [4.69, 9.17) is 9.47 Å². The van der Waals surface area contributed by atoms with E-state index in [0.717, 1.165) is 24.0 Å². The number of nitrogens with zero attached hydrogens (tertiary/aromatic N) is 1. The molecule has 0 radical (unpaired) electrons. The van der Waals surface area contributed by atoms with Gasteiger partial charge in [0.05, 0.1) is 13.7 Å². The van der Waals surface area contributed by atoms with Crippen molar-refractivity contribution in [1.29, 1.82) is 5.26 Å². The molecule has 0 heterocycles. The van der Waals surface area contributed by atoms with Crippen LogP contribution in [-0.2, 0) is 11.4 Å². The van der Waals surface area contributed by atoms with Gasteiger partial charge >= 0.3 is 0 Å². The molecule has 0 saturated heterocycles. The number of carbonyl (C=O) groups excluding carboxylic acids is 1. The monoisotopic (exact) mass is 650 g/mol. The summed E-state index contributed by atoms with van der Waals surface area (Å²) in [5.41, 5.74) is 2.41. The van der Waals surface area contributed by atoms with Crippen molar-refractivity contribution in [2.45, 2.75) is 13.5 Å². The standard InChI is InChI=1S/C25H20I2N2O3/c1-2-31-21-10-6-9-20(14-21)29-25(30)19(15-28)11-18-12-22(26)24(23(27)13-18)32-16-17-7-4-3-5-8-17/h3-14H,2,16H2,1H3,(H,29,30). The Hall–Kier alpha value is -2.58. The summed E-state index contributed by atoms with van der Waals surface area (Å²) >= 11 is 4.41. The van der Waals surface area contributed by atoms with Gasteiger partial charge in [0.2, 0.25) is 0 Å². The van der Waals surface area contributed by atoms with Crippen molar-refractivity contribution < 1.29 is 14.3 Å². The highest BCUT2D eigenvalue weighted by atomic mass is 127. The summed E-state index contributed by atoms with van der Waals surface area (Å²) in [5, 5.41) is 12.3. The maximum absolute atomic E-state index is 12.6. The minimum Gasteiger partial charge on any atom is -0.494 e. The average molecular weight is 650 g/mol. The average Bonchev–Trinajstić information content (AvgIpc) is 2.78. The number of hydrogen-bond acceptors (Lipinski definition) is 4. The first-order valence-electron chi connectivity index (χ1n) is 9.82. The van der Waals surface area contributed by atoms with Crippen LogP contribution in [0.4, 0.5) is 5.69 Å². The van der Waals surface area contributed by atoms with Gasteiger partial charge in [-0.3, -0.25) is 4.79 Å². The van der Waals surface area contributed by atoms with Gasteiger partial charge in [-0.25, -0.2) is 0 Å². The van der Waals surface area contributed by atoms with Crippen LogP contribution < -0.4 is 14.8 Å². The van der Waals surface area contributed by atoms with E-state index in [-0.39, 0.29) is 5.57 Å². The summed E-state index contributed by atoms with van der Waals surface area (Å²) in [5.74, 6) is 0.960. The van der Waals surface area contributed by atoms with E-state index in [2.05, 4.69) is 50.5 Å². The SMILES string of the molecule is CCOc1cccc(NC(=O)C(C#N)=Cc2cc(I)c(OCc3ccccc3)c(I)c2)c1. The fourth-order valence-corrected chi connectivity index (χ4v) is 5.00. The molecule has 3 aromatic rings. The lowest BCUT2D eigenvalue weighted by Crippen LogP contribution is -2.13. The second-order valence-electron chi connectivity index (χ2n) is 6.67. The van der Waals surface area contributed by atoms with Gasteiger partial charge in [0.15, 0.2) is 0 Å². The number of hydrogen-bond donors (Lipinski definition) is 1. The van der Waals surface area contributed by atoms with E-state index in [9.17, 15) is 10.1 Å². The molecule has 0 unspecified atom stereocenters. The minimum atomic E-state index is -0.476. The van der Waals surface area contributed by atoms with Crippen molar-refractivity contribution in [3.63, 3.8) is 0 Å². The molecule has 1 N–H and O–H groups in total. The minimum absolute atomic E-state index is 0.0105. The lowest BCUT2D eigenvalue weighted by molar-refractivity contribution is -0.112. The van der Waals surface area contributed by atoms with E-state index in [1.54, 1.807) is 24.3 Å². The quantitative estimate of drug-likeness (QED) is 0.174. The first-order valence-corrected chi connectivity index (χ1v) is 12.0. The summed E-state index contributed by atoms with van der Waals surface area (Å²) in [6.45, 7) is 2.89. The number of nitriles is 1. The van der Waals surface area contributed by atoms with Gasteiger partial charge in [0.1, 0.15) is 29.7 Å². The van der Waals surface area contributed by atoms with Crippen LogP contribution in [0.1, 0.15) is 18.1 Å². The molecule has 0 aliphatic heterocycles. The third-order valence-corrected chi connectivity index (χ3v) is 5.93. The highest BCUT2D eigenvalue weighted by molar-refractivity contribution is 14.1. The predicted octanol–water partition coefficient (Wildman–Crippen LogP) is 6.42. The third-order valence-electron chi connectivity index (χ3n) is 4.33. The number of anilines is 1. The lowest BCUT2D eigenvalue weighted by atomic mass is 10.1.